The number of anilines is 2. The average Bonchev–Trinajstić information content (AvgIpc) is 2.30. The van der Waals surface area contributed by atoms with Crippen LogP contribution in [0.4, 0.5) is 15.8 Å². The summed E-state index contributed by atoms with van der Waals surface area (Å²) < 4.78 is 12.9. The first-order valence-corrected chi connectivity index (χ1v) is 6.06. The fraction of sp³-hybridized carbons (Fsp3) is 0.462. The number of amides is 1. The van der Waals surface area contributed by atoms with E-state index in [2.05, 4.69) is 5.32 Å². The van der Waals surface area contributed by atoms with Gasteiger partial charge in [-0.3, -0.25) is 9.69 Å². The monoisotopic (exact) mass is 268 g/mol. The normalized spacial score (nSPS) is 11.1. The van der Waals surface area contributed by atoms with E-state index in [0.717, 1.165) is 13.1 Å². The topological polar surface area (TPSA) is 61.6 Å². The number of nitrogen functional groups attached to an aromatic ring is 1. The molecule has 1 aromatic carbocycles. The van der Waals surface area contributed by atoms with Gasteiger partial charge in [0.2, 0.25) is 5.91 Å². The number of likely N-dealkylation sites (N-methyl/N-ethyl adjacent to an activating group) is 2. The molecule has 0 fully saturated rings. The molecule has 106 valence electrons. The molecule has 0 bridgehead atoms. The van der Waals surface area contributed by atoms with Crippen LogP contribution in [0.15, 0.2) is 18.2 Å². The van der Waals surface area contributed by atoms with Crippen molar-refractivity contribution in [3.63, 3.8) is 0 Å². The van der Waals surface area contributed by atoms with Crippen LogP contribution in [0.5, 0.6) is 0 Å². The summed E-state index contributed by atoms with van der Waals surface area (Å²) in [5.41, 5.74) is 6.29. The first-order valence-electron chi connectivity index (χ1n) is 6.06. The van der Waals surface area contributed by atoms with E-state index in [1.165, 1.54) is 18.2 Å². The Morgan fingerprint density at radius 2 is 2.00 bits per heavy atom. The molecule has 0 aromatic heterocycles. The molecule has 0 aliphatic rings. The van der Waals surface area contributed by atoms with E-state index >= 15 is 0 Å². The van der Waals surface area contributed by atoms with E-state index in [9.17, 15) is 9.18 Å². The fourth-order valence-electron chi connectivity index (χ4n) is 1.53. The number of benzene rings is 1. The van der Waals surface area contributed by atoms with E-state index in [0.29, 0.717) is 5.69 Å². The minimum atomic E-state index is -0.418. The summed E-state index contributed by atoms with van der Waals surface area (Å²) in [6.45, 7) is 1.94. The summed E-state index contributed by atoms with van der Waals surface area (Å²) in [6.07, 6.45) is 0. The van der Waals surface area contributed by atoms with Crippen LogP contribution in [0.2, 0.25) is 0 Å². The Balaban J connectivity index is 2.46. The second-order valence-corrected chi connectivity index (χ2v) is 4.82. The Bertz CT molecular complexity index is 437. The SMILES string of the molecule is CN(C)CCN(C)CC(=O)Nc1ccc(F)cc1N. The molecule has 1 rings (SSSR count). The van der Waals surface area contributed by atoms with Crippen LogP contribution >= 0.6 is 0 Å². The first kappa shape index (κ1) is 15.4. The van der Waals surface area contributed by atoms with E-state index in [1.807, 2.05) is 30.9 Å². The van der Waals surface area contributed by atoms with Crippen molar-refractivity contribution in [1.29, 1.82) is 0 Å². The van der Waals surface area contributed by atoms with Gasteiger partial charge in [0.25, 0.3) is 0 Å². The lowest BCUT2D eigenvalue weighted by atomic mass is 10.2. The molecule has 0 saturated heterocycles. The second kappa shape index (κ2) is 7.06. The zero-order valence-electron chi connectivity index (χ0n) is 11.6. The van der Waals surface area contributed by atoms with Gasteiger partial charge < -0.3 is 16.0 Å². The summed E-state index contributed by atoms with van der Waals surface area (Å²) in [6, 6.07) is 3.91. The van der Waals surface area contributed by atoms with E-state index in [1.54, 1.807) is 0 Å². The van der Waals surface area contributed by atoms with Gasteiger partial charge in [0, 0.05) is 13.1 Å². The summed E-state index contributed by atoms with van der Waals surface area (Å²) in [4.78, 5) is 15.7. The maximum atomic E-state index is 12.9. The van der Waals surface area contributed by atoms with Crippen molar-refractivity contribution in [1.82, 2.24) is 9.80 Å². The fourth-order valence-corrected chi connectivity index (χ4v) is 1.53. The third-order valence-corrected chi connectivity index (χ3v) is 2.63. The van der Waals surface area contributed by atoms with Gasteiger partial charge >= 0.3 is 0 Å². The highest BCUT2D eigenvalue weighted by Gasteiger charge is 2.09. The van der Waals surface area contributed by atoms with Gasteiger partial charge in [0.15, 0.2) is 0 Å². The highest BCUT2D eigenvalue weighted by atomic mass is 19.1. The number of halogens is 1. The smallest absolute Gasteiger partial charge is 0.238 e. The van der Waals surface area contributed by atoms with Gasteiger partial charge in [-0.25, -0.2) is 4.39 Å². The molecule has 6 heteroatoms. The molecule has 0 radical (unpaired) electrons. The number of carbonyl (C=O) groups excluding carboxylic acids is 1. The largest absolute Gasteiger partial charge is 0.397 e. The minimum Gasteiger partial charge on any atom is -0.397 e. The van der Waals surface area contributed by atoms with Crippen molar-refractivity contribution in [3.8, 4) is 0 Å². The maximum Gasteiger partial charge on any atom is 0.238 e. The number of carbonyl (C=O) groups is 1. The van der Waals surface area contributed by atoms with Crippen molar-refractivity contribution in [2.24, 2.45) is 0 Å². The molecule has 0 aliphatic heterocycles. The Morgan fingerprint density at radius 1 is 1.32 bits per heavy atom. The van der Waals surface area contributed by atoms with Gasteiger partial charge in [0.1, 0.15) is 5.82 Å². The van der Waals surface area contributed by atoms with Crippen LogP contribution in [0.3, 0.4) is 0 Å². The number of rotatable bonds is 6. The zero-order chi connectivity index (χ0) is 14.4. The summed E-state index contributed by atoms with van der Waals surface area (Å²) in [5, 5.41) is 2.67. The minimum absolute atomic E-state index is 0.167. The molecule has 0 atom stereocenters. The van der Waals surface area contributed by atoms with E-state index < -0.39 is 5.82 Å². The highest BCUT2D eigenvalue weighted by Crippen LogP contribution is 2.18. The predicted octanol–water partition coefficient (Wildman–Crippen LogP) is 0.840. The standard InChI is InChI=1S/C13H21FN4O/c1-17(2)6-7-18(3)9-13(19)16-12-5-4-10(14)8-11(12)15/h4-5,8H,6-7,9,15H2,1-3H3,(H,16,19). The maximum absolute atomic E-state index is 12.9. The molecule has 0 heterocycles. The van der Waals surface area contributed by atoms with Crippen molar-refractivity contribution < 1.29 is 9.18 Å². The zero-order valence-corrected chi connectivity index (χ0v) is 11.6. The van der Waals surface area contributed by atoms with Gasteiger partial charge in [0.05, 0.1) is 17.9 Å². The highest BCUT2D eigenvalue weighted by molar-refractivity contribution is 5.95. The summed E-state index contributed by atoms with van der Waals surface area (Å²) in [5.74, 6) is -0.585. The number of hydrogen-bond donors (Lipinski definition) is 2. The molecule has 3 N–H and O–H groups in total. The molecule has 19 heavy (non-hydrogen) atoms. The van der Waals surface area contributed by atoms with Gasteiger partial charge in [-0.05, 0) is 39.3 Å². The quantitative estimate of drug-likeness (QED) is 0.751. The van der Waals surface area contributed by atoms with Crippen LogP contribution in [0, 0.1) is 5.82 Å². The van der Waals surface area contributed by atoms with Crippen molar-refractivity contribution in [2.45, 2.75) is 0 Å². The lowest BCUT2D eigenvalue weighted by Crippen LogP contribution is -2.35. The Morgan fingerprint density at radius 3 is 2.58 bits per heavy atom. The number of nitrogens with two attached hydrogens (primary N) is 1. The lowest BCUT2D eigenvalue weighted by Gasteiger charge is -2.19. The van der Waals surface area contributed by atoms with Crippen LogP contribution in [-0.4, -0.2) is 56.5 Å². The third kappa shape index (κ3) is 5.67. The Hall–Kier alpha value is -1.66. The van der Waals surface area contributed by atoms with Crippen LogP contribution in [0.25, 0.3) is 0 Å². The molecule has 0 unspecified atom stereocenters. The van der Waals surface area contributed by atoms with Crippen molar-refractivity contribution in [2.75, 3.05) is 51.8 Å². The van der Waals surface area contributed by atoms with Crippen LogP contribution in [0.1, 0.15) is 0 Å². The average molecular weight is 268 g/mol. The molecule has 5 nitrogen and oxygen atoms in total. The van der Waals surface area contributed by atoms with E-state index in [-0.39, 0.29) is 18.1 Å². The molecular formula is C13H21FN4O. The molecular weight excluding hydrogens is 247 g/mol. The molecule has 1 aromatic rings. The van der Waals surface area contributed by atoms with Gasteiger partial charge in [-0.2, -0.15) is 0 Å². The summed E-state index contributed by atoms with van der Waals surface area (Å²) >= 11 is 0. The Kier molecular flexibility index (Phi) is 5.72. The third-order valence-electron chi connectivity index (χ3n) is 2.63. The molecule has 1 amide bonds. The number of hydrogen-bond acceptors (Lipinski definition) is 4. The second-order valence-electron chi connectivity index (χ2n) is 4.82. The number of nitrogens with one attached hydrogen (secondary N) is 1. The Labute approximate surface area is 113 Å². The predicted molar refractivity (Wildman–Crippen MR) is 75.5 cm³/mol. The van der Waals surface area contributed by atoms with Crippen molar-refractivity contribution in [3.05, 3.63) is 24.0 Å². The van der Waals surface area contributed by atoms with Crippen molar-refractivity contribution >= 4 is 17.3 Å². The molecule has 0 spiro atoms. The summed E-state index contributed by atoms with van der Waals surface area (Å²) in [7, 11) is 5.83. The molecule has 0 aliphatic carbocycles. The van der Waals surface area contributed by atoms with Gasteiger partial charge in [-0.15, -0.1) is 0 Å². The van der Waals surface area contributed by atoms with Crippen LogP contribution in [-0.2, 0) is 4.79 Å². The van der Waals surface area contributed by atoms with E-state index in [4.69, 9.17) is 5.73 Å². The van der Waals surface area contributed by atoms with Crippen LogP contribution < -0.4 is 11.1 Å². The first-order chi connectivity index (χ1) is 8.88. The van der Waals surface area contributed by atoms with Gasteiger partial charge in [-0.1, -0.05) is 0 Å². The molecule has 0 saturated carbocycles. The number of nitrogens with zero attached hydrogens (tertiary/aromatic N) is 2. The lowest BCUT2D eigenvalue weighted by molar-refractivity contribution is -0.117.